The first-order chi connectivity index (χ1) is 24.7. The van der Waals surface area contributed by atoms with Crippen molar-refractivity contribution in [3.63, 3.8) is 0 Å². The number of carbonyl (C=O) groups excluding carboxylic acids is 2. The molecule has 6 nitrogen and oxygen atoms in total. The Balaban J connectivity index is 1.19. The molecule has 6 aromatic carbocycles. The molecule has 0 radical (unpaired) electrons. The Kier molecular flexibility index (Phi) is 12.7. The van der Waals surface area contributed by atoms with Gasteiger partial charge in [-0.25, -0.2) is 0 Å². The van der Waals surface area contributed by atoms with E-state index in [0.29, 0.717) is 0 Å². The van der Waals surface area contributed by atoms with Crippen molar-refractivity contribution < 1.29 is 18.6 Å². The highest BCUT2D eigenvalue weighted by atomic mass is 31.1. The zero-order valence-electron chi connectivity index (χ0n) is 27.4. The molecule has 50 heavy (non-hydrogen) atoms. The maximum absolute atomic E-state index is 13.6. The van der Waals surface area contributed by atoms with Gasteiger partial charge in [0, 0.05) is 21.2 Å². The summed E-state index contributed by atoms with van der Waals surface area (Å²) in [7, 11) is -2.35. The molecule has 0 unspecified atom stereocenters. The first-order valence-electron chi connectivity index (χ1n) is 16.4. The van der Waals surface area contributed by atoms with Crippen LogP contribution in [-0.4, -0.2) is 25.0 Å². The Morgan fingerprint density at radius 2 is 0.640 bits per heavy atom. The summed E-state index contributed by atoms with van der Waals surface area (Å²) in [5.74, 6) is -1.50. The van der Waals surface area contributed by atoms with Gasteiger partial charge in [-0.1, -0.05) is 182 Å². The molecule has 0 aliphatic carbocycles. The molecule has 2 amide bonds. The van der Waals surface area contributed by atoms with Crippen LogP contribution >= 0.6 is 16.3 Å². The highest BCUT2D eigenvalue weighted by Crippen LogP contribution is 2.37. The SMILES string of the molecule is O=C(N[C@H](COP(c1ccccc1)c1ccccc1)c1ccccc1)C(=O)N[C@H](COP(c1ccccc1)c1ccccc1)c1ccccc1. The molecule has 0 aliphatic heterocycles. The fraction of sp³-hybridized carbons (Fsp3) is 0.0952. The van der Waals surface area contributed by atoms with Crippen LogP contribution in [0.15, 0.2) is 182 Å². The second-order valence-electron chi connectivity index (χ2n) is 11.4. The first-order valence-corrected chi connectivity index (χ1v) is 18.9. The van der Waals surface area contributed by atoms with Crippen LogP contribution in [0.4, 0.5) is 0 Å². The lowest BCUT2D eigenvalue weighted by molar-refractivity contribution is -0.140. The number of hydrogen-bond donors (Lipinski definition) is 2. The van der Waals surface area contributed by atoms with Gasteiger partial charge in [0.1, 0.15) is 0 Å². The Hall–Kier alpha value is -4.96. The minimum absolute atomic E-state index is 0.169. The molecule has 8 heteroatoms. The molecule has 0 fully saturated rings. The van der Waals surface area contributed by atoms with Gasteiger partial charge in [-0.15, -0.1) is 0 Å². The summed E-state index contributed by atoms with van der Waals surface area (Å²) in [6.45, 7) is 0.338. The lowest BCUT2D eigenvalue weighted by atomic mass is 10.1. The van der Waals surface area contributed by atoms with Crippen molar-refractivity contribution in [2.75, 3.05) is 13.2 Å². The minimum Gasteiger partial charge on any atom is -0.347 e. The van der Waals surface area contributed by atoms with E-state index in [2.05, 4.69) is 59.2 Å². The van der Waals surface area contributed by atoms with Gasteiger partial charge in [-0.2, -0.15) is 0 Å². The quantitative estimate of drug-likeness (QED) is 0.0968. The molecule has 6 rings (SSSR count). The second-order valence-corrected chi connectivity index (χ2v) is 15.2. The normalized spacial score (nSPS) is 12.3. The van der Waals surface area contributed by atoms with Crippen molar-refractivity contribution in [1.82, 2.24) is 10.6 Å². The summed E-state index contributed by atoms with van der Waals surface area (Å²) < 4.78 is 13.2. The number of benzene rings is 6. The van der Waals surface area contributed by atoms with Gasteiger partial charge in [-0.3, -0.25) is 9.59 Å². The number of hydrogen-bond acceptors (Lipinski definition) is 4. The number of carbonyl (C=O) groups is 2. The standard InChI is InChI=1S/C42H38N2O4P2/c45-41(43-39(33-19-7-1-8-20-33)31-47-49(35-23-11-3-12-24-35)36-25-13-4-14-26-36)42(46)44-40(34-21-9-2-10-22-34)32-48-50(37-27-15-5-16-28-37)38-29-17-6-18-30-38/h1-30,39-40H,31-32H2,(H,43,45)(H,44,46)/t39-,40-/m1/s1. The van der Waals surface area contributed by atoms with E-state index in [1.165, 1.54) is 0 Å². The molecule has 0 spiro atoms. The van der Waals surface area contributed by atoms with Gasteiger partial charge in [0.05, 0.1) is 41.6 Å². The molecular formula is C42H38N2O4P2. The van der Waals surface area contributed by atoms with E-state index >= 15 is 0 Å². The van der Waals surface area contributed by atoms with Gasteiger partial charge < -0.3 is 19.7 Å². The third kappa shape index (κ3) is 9.59. The lowest BCUT2D eigenvalue weighted by Crippen LogP contribution is -2.44. The van der Waals surface area contributed by atoms with Crippen molar-refractivity contribution in [1.29, 1.82) is 0 Å². The van der Waals surface area contributed by atoms with Crippen molar-refractivity contribution in [2.24, 2.45) is 0 Å². The van der Waals surface area contributed by atoms with E-state index < -0.39 is 40.2 Å². The van der Waals surface area contributed by atoms with Crippen LogP contribution in [0, 0.1) is 0 Å². The summed E-state index contributed by atoms with van der Waals surface area (Å²) in [6, 6.07) is 58.3. The topological polar surface area (TPSA) is 76.7 Å². The summed E-state index contributed by atoms with van der Waals surface area (Å²) in [5, 5.41) is 10.2. The summed E-state index contributed by atoms with van der Waals surface area (Å²) >= 11 is 0. The van der Waals surface area contributed by atoms with E-state index in [1.807, 2.05) is 133 Å². The Labute approximate surface area is 296 Å². The fourth-order valence-electron chi connectivity index (χ4n) is 5.41. The summed E-state index contributed by atoms with van der Waals surface area (Å²) in [4.78, 5) is 27.3. The second kappa shape index (κ2) is 18.2. The molecule has 0 aromatic heterocycles. The molecule has 6 aromatic rings. The first kappa shape index (κ1) is 34.9. The number of amides is 2. The van der Waals surface area contributed by atoms with Gasteiger partial charge >= 0.3 is 11.8 Å². The zero-order chi connectivity index (χ0) is 34.4. The molecular weight excluding hydrogens is 658 g/mol. The van der Waals surface area contributed by atoms with E-state index in [1.54, 1.807) is 0 Å². The minimum atomic E-state index is -1.17. The predicted octanol–water partition coefficient (Wildman–Crippen LogP) is 6.83. The van der Waals surface area contributed by atoms with E-state index in [4.69, 9.17) is 9.05 Å². The van der Waals surface area contributed by atoms with Crippen LogP contribution in [0.5, 0.6) is 0 Å². The highest BCUT2D eigenvalue weighted by molar-refractivity contribution is 7.68. The molecule has 2 N–H and O–H groups in total. The molecule has 250 valence electrons. The summed E-state index contributed by atoms with van der Waals surface area (Å²) in [6.07, 6.45) is 0. The number of nitrogens with one attached hydrogen (secondary N) is 2. The van der Waals surface area contributed by atoms with Gasteiger partial charge in [0.15, 0.2) is 0 Å². The highest BCUT2D eigenvalue weighted by Gasteiger charge is 2.26. The zero-order valence-corrected chi connectivity index (χ0v) is 29.2. The number of rotatable bonds is 14. The van der Waals surface area contributed by atoms with Crippen LogP contribution < -0.4 is 31.9 Å². The van der Waals surface area contributed by atoms with Crippen LogP contribution in [0.1, 0.15) is 23.2 Å². The van der Waals surface area contributed by atoms with Crippen molar-refractivity contribution >= 4 is 49.3 Å². The van der Waals surface area contributed by atoms with Crippen molar-refractivity contribution in [2.45, 2.75) is 12.1 Å². The van der Waals surface area contributed by atoms with Crippen LogP contribution in [0.3, 0.4) is 0 Å². The third-order valence-electron chi connectivity index (χ3n) is 7.92. The maximum Gasteiger partial charge on any atom is 0.309 e. The fourth-order valence-corrected chi connectivity index (χ4v) is 8.97. The largest absolute Gasteiger partial charge is 0.347 e. The molecule has 0 heterocycles. The maximum atomic E-state index is 13.6. The molecule has 2 atom stereocenters. The molecule has 0 bridgehead atoms. The van der Waals surface area contributed by atoms with E-state index in [-0.39, 0.29) is 13.2 Å². The average Bonchev–Trinajstić information content (AvgIpc) is 3.19. The van der Waals surface area contributed by atoms with Crippen molar-refractivity contribution in [3.05, 3.63) is 193 Å². The smallest absolute Gasteiger partial charge is 0.309 e. The summed E-state index contributed by atoms with van der Waals surface area (Å²) in [5.41, 5.74) is 1.67. The van der Waals surface area contributed by atoms with Crippen molar-refractivity contribution in [3.8, 4) is 0 Å². The molecule has 0 aliphatic rings. The van der Waals surface area contributed by atoms with Crippen LogP contribution in [0.25, 0.3) is 0 Å². The Morgan fingerprint density at radius 1 is 0.400 bits per heavy atom. The molecule has 0 saturated carbocycles. The van der Waals surface area contributed by atoms with E-state index in [9.17, 15) is 9.59 Å². The Morgan fingerprint density at radius 3 is 0.900 bits per heavy atom. The monoisotopic (exact) mass is 696 g/mol. The third-order valence-corrected chi connectivity index (χ3v) is 11.8. The van der Waals surface area contributed by atoms with Gasteiger partial charge in [0.2, 0.25) is 0 Å². The van der Waals surface area contributed by atoms with Gasteiger partial charge in [0.25, 0.3) is 0 Å². The van der Waals surface area contributed by atoms with E-state index in [0.717, 1.165) is 32.3 Å². The lowest BCUT2D eigenvalue weighted by Gasteiger charge is -2.25. The van der Waals surface area contributed by atoms with Crippen LogP contribution in [-0.2, 0) is 18.6 Å². The average molecular weight is 697 g/mol. The Bertz CT molecular complexity index is 1680. The molecule has 0 saturated heterocycles. The van der Waals surface area contributed by atoms with Gasteiger partial charge in [-0.05, 0) is 11.1 Å². The van der Waals surface area contributed by atoms with Crippen LogP contribution in [0.2, 0.25) is 0 Å². The predicted molar refractivity (Wildman–Crippen MR) is 205 cm³/mol.